The molecule has 0 saturated carbocycles. The van der Waals surface area contributed by atoms with Crippen LogP contribution in [0.4, 0.5) is 0 Å². The van der Waals surface area contributed by atoms with E-state index >= 15 is 0 Å². The molecule has 0 spiro atoms. The third-order valence-corrected chi connectivity index (χ3v) is 1.34. The van der Waals surface area contributed by atoms with Crippen molar-refractivity contribution >= 4 is 0 Å². The van der Waals surface area contributed by atoms with E-state index in [1.54, 1.807) is 12.5 Å². The second kappa shape index (κ2) is 3.98. The second-order valence-corrected chi connectivity index (χ2v) is 2.69. The summed E-state index contributed by atoms with van der Waals surface area (Å²) >= 11 is 0. The van der Waals surface area contributed by atoms with E-state index in [0.717, 1.165) is 18.7 Å². The summed E-state index contributed by atoms with van der Waals surface area (Å²) in [5.74, 6) is 0. The molecule has 60 valence electrons. The Bertz CT molecular complexity index is 213. The Morgan fingerprint density at radius 2 is 2.55 bits per heavy atom. The summed E-state index contributed by atoms with van der Waals surface area (Å²) in [5.41, 5.74) is 2.32. The number of furan rings is 1. The van der Waals surface area contributed by atoms with Crippen LogP contribution < -0.4 is 5.32 Å². The van der Waals surface area contributed by atoms with Gasteiger partial charge in [0, 0.05) is 18.7 Å². The number of hydrogen-bond donors (Lipinski definition) is 1. The zero-order valence-corrected chi connectivity index (χ0v) is 6.76. The predicted molar refractivity (Wildman–Crippen MR) is 45.2 cm³/mol. The van der Waals surface area contributed by atoms with E-state index in [-0.39, 0.29) is 0 Å². The van der Waals surface area contributed by atoms with E-state index in [1.165, 1.54) is 5.56 Å². The largest absolute Gasteiger partial charge is 0.472 e. The van der Waals surface area contributed by atoms with Crippen molar-refractivity contribution in [2.24, 2.45) is 0 Å². The third-order valence-electron chi connectivity index (χ3n) is 1.34. The van der Waals surface area contributed by atoms with Crippen LogP contribution in [0.3, 0.4) is 0 Å². The molecule has 1 rings (SSSR count). The van der Waals surface area contributed by atoms with Crippen molar-refractivity contribution < 1.29 is 4.42 Å². The SMILES string of the molecule is C=C(C)CNCc1ccoc1. The highest BCUT2D eigenvalue weighted by molar-refractivity contribution is 5.05. The van der Waals surface area contributed by atoms with Gasteiger partial charge in [-0.25, -0.2) is 0 Å². The molecule has 0 aliphatic rings. The van der Waals surface area contributed by atoms with Crippen molar-refractivity contribution in [3.63, 3.8) is 0 Å². The van der Waals surface area contributed by atoms with Gasteiger partial charge in [0.1, 0.15) is 0 Å². The molecule has 0 bridgehead atoms. The highest BCUT2D eigenvalue weighted by Gasteiger charge is 1.91. The van der Waals surface area contributed by atoms with Crippen molar-refractivity contribution in [1.29, 1.82) is 0 Å². The fourth-order valence-electron chi connectivity index (χ4n) is 0.813. The lowest BCUT2D eigenvalue weighted by molar-refractivity contribution is 0.561. The van der Waals surface area contributed by atoms with E-state index in [0.29, 0.717) is 0 Å². The Morgan fingerprint density at radius 3 is 3.09 bits per heavy atom. The van der Waals surface area contributed by atoms with Gasteiger partial charge in [0.2, 0.25) is 0 Å². The molecule has 0 atom stereocenters. The summed E-state index contributed by atoms with van der Waals surface area (Å²) in [6.45, 7) is 7.51. The summed E-state index contributed by atoms with van der Waals surface area (Å²) in [7, 11) is 0. The molecule has 0 unspecified atom stereocenters. The van der Waals surface area contributed by atoms with Crippen molar-refractivity contribution in [2.45, 2.75) is 13.5 Å². The molecular formula is C9H13NO. The van der Waals surface area contributed by atoms with Crippen molar-refractivity contribution in [3.05, 3.63) is 36.3 Å². The Hall–Kier alpha value is -1.02. The lowest BCUT2D eigenvalue weighted by Crippen LogP contribution is -2.14. The molecule has 0 aliphatic heterocycles. The third kappa shape index (κ3) is 3.05. The molecular weight excluding hydrogens is 138 g/mol. The first kappa shape index (κ1) is 8.08. The molecule has 0 fully saturated rings. The Kier molecular flexibility index (Phi) is 2.93. The minimum Gasteiger partial charge on any atom is -0.472 e. The van der Waals surface area contributed by atoms with Gasteiger partial charge in [0.25, 0.3) is 0 Å². The maximum absolute atomic E-state index is 4.91. The van der Waals surface area contributed by atoms with Gasteiger partial charge < -0.3 is 9.73 Å². The summed E-state index contributed by atoms with van der Waals surface area (Å²) in [6, 6.07) is 1.95. The van der Waals surface area contributed by atoms with Crippen LogP contribution >= 0.6 is 0 Å². The van der Waals surface area contributed by atoms with Gasteiger partial charge in [-0.2, -0.15) is 0 Å². The topological polar surface area (TPSA) is 25.2 Å². The smallest absolute Gasteiger partial charge is 0.0947 e. The molecule has 1 heterocycles. The monoisotopic (exact) mass is 151 g/mol. The van der Waals surface area contributed by atoms with Crippen LogP contribution in [0.1, 0.15) is 12.5 Å². The molecule has 0 aliphatic carbocycles. The normalized spacial score (nSPS) is 9.91. The van der Waals surface area contributed by atoms with Crippen molar-refractivity contribution in [2.75, 3.05) is 6.54 Å². The van der Waals surface area contributed by atoms with Gasteiger partial charge in [0.05, 0.1) is 12.5 Å². The number of nitrogens with one attached hydrogen (secondary N) is 1. The van der Waals surface area contributed by atoms with E-state index in [2.05, 4.69) is 11.9 Å². The van der Waals surface area contributed by atoms with E-state index in [1.807, 2.05) is 13.0 Å². The van der Waals surface area contributed by atoms with E-state index in [9.17, 15) is 0 Å². The lowest BCUT2D eigenvalue weighted by Gasteiger charge is -2.00. The molecule has 11 heavy (non-hydrogen) atoms. The van der Waals surface area contributed by atoms with Gasteiger partial charge in [-0.1, -0.05) is 12.2 Å². The Balaban J connectivity index is 2.19. The summed E-state index contributed by atoms with van der Waals surface area (Å²) in [4.78, 5) is 0. The zero-order valence-electron chi connectivity index (χ0n) is 6.76. The van der Waals surface area contributed by atoms with Gasteiger partial charge in [-0.15, -0.1) is 0 Å². The Morgan fingerprint density at radius 1 is 1.73 bits per heavy atom. The Labute approximate surface area is 66.9 Å². The van der Waals surface area contributed by atoms with Gasteiger partial charge in [-0.05, 0) is 13.0 Å². The van der Waals surface area contributed by atoms with Crippen LogP contribution in [0, 0.1) is 0 Å². The van der Waals surface area contributed by atoms with Crippen LogP contribution in [-0.4, -0.2) is 6.54 Å². The van der Waals surface area contributed by atoms with Gasteiger partial charge >= 0.3 is 0 Å². The van der Waals surface area contributed by atoms with E-state index in [4.69, 9.17) is 4.42 Å². The highest BCUT2D eigenvalue weighted by Crippen LogP contribution is 1.98. The summed E-state index contributed by atoms with van der Waals surface area (Å²) in [6.07, 6.45) is 3.42. The van der Waals surface area contributed by atoms with Crippen LogP contribution in [0.2, 0.25) is 0 Å². The van der Waals surface area contributed by atoms with Crippen molar-refractivity contribution in [1.82, 2.24) is 5.32 Å². The first-order chi connectivity index (χ1) is 5.29. The standard InChI is InChI=1S/C9H13NO/c1-8(2)5-10-6-9-3-4-11-7-9/h3-4,7,10H,1,5-6H2,2H3. The fraction of sp³-hybridized carbons (Fsp3) is 0.333. The molecule has 2 heteroatoms. The first-order valence-electron chi connectivity index (χ1n) is 3.65. The number of rotatable bonds is 4. The summed E-state index contributed by atoms with van der Waals surface area (Å²) < 4.78 is 4.91. The molecule has 0 amide bonds. The first-order valence-corrected chi connectivity index (χ1v) is 3.65. The zero-order chi connectivity index (χ0) is 8.10. The maximum atomic E-state index is 4.91. The molecule has 1 aromatic heterocycles. The highest BCUT2D eigenvalue weighted by atomic mass is 16.3. The second-order valence-electron chi connectivity index (χ2n) is 2.69. The molecule has 0 aromatic carbocycles. The minimum absolute atomic E-state index is 0.851. The predicted octanol–water partition coefficient (Wildman–Crippen LogP) is 1.95. The van der Waals surface area contributed by atoms with Gasteiger partial charge in [0.15, 0.2) is 0 Å². The molecule has 1 N–H and O–H groups in total. The average Bonchev–Trinajstić information content (AvgIpc) is 2.39. The average molecular weight is 151 g/mol. The lowest BCUT2D eigenvalue weighted by atomic mass is 10.3. The van der Waals surface area contributed by atoms with Crippen LogP contribution in [0.5, 0.6) is 0 Å². The molecule has 2 nitrogen and oxygen atoms in total. The fourth-order valence-corrected chi connectivity index (χ4v) is 0.813. The molecule has 1 aromatic rings. The minimum atomic E-state index is 0.851. The summed E-state index contributed by atoms with van der Waals surface area (Å²) in [5, 5.41) is 3.23. The van der Waals surface area contributed by atoms with Crippen LogP contribution in [-0.2, 0) is 6.54 Å². The van der Waals surface area contributed by atoms with Crippen LogP contribution in [0.15, 0.2) is 35.2 Å². The van der Waals surface area contributed by atoms with E-state index < -0.39 is 0 Å². The maximum Gasteiger partial charge on any atom is 0.0947 e. The quantitative estimate of drug-likeness (QED) is 0.665. The van der Waals surface area contributed by atoms with Crippen molar-refractivity contribution in [3.8, 4) is 0 Å². The van der Waals surface area contributed by atoms with Gasteiger partial charge in [-0.3, -0.25) is 0 Å². The van der Waals surface area contributed by atoms with Crippen LogP contribution in [0.25, 0.3) is 0 Å². The number of hydrogen-bond acceptors (Lipinski definition) is 2. The molecule has 0 saturated heterocycles. The molecule has 0 radical (unpaired) electrons.